The average molecular weight is 302 g/mol. The quantitative estimate of drug-likeness (QED) is 0.882. The zero-order valence-corrected chi connectivity index (χ0v) is 11.2. The lowest BCUT2D eigenvalue weighted by atomic mass is 10.0. The number of alkyl halides is 3. The van der Waals surface area contributed by atoms with Gasteiger partial charge in [-0.15, -0.1) is 0 Å². The first-order chi connectivity index (χ1) is 10.9. The third-order valence-corrected chi connectivity index (χ3v) is 3.99. The van der Waals surface area contributed by atoms with Crippen LogP contribution < -0.4 is 10.6 Å². The van der Waals surface area contributed by atoms with Crippen molar-refractivity contribution in [3.63, 3.8) is 0 Å². The molecule has 0 aromatic carbocycles. The van der Waals surface area contributed by atoms with Crippen molar-refractivity contribution in [3.05, 3.63) is 23.4 Å². The number of hydrogen-bond donors (Lipinski definition) is 2. The molecule has 7 heteroatoms. The van der Waals surface area contributed by atoms with Gasteiger partial charge in [0.1, 0.15) is 11.5 Å². The van der Waals surface area contributed by atoms with Gasteiger partial charge < -0.3 is 10.6 Å². The van der Waals surface area contributed by atoms with Crippen LogP contribution in [0.15, 0.2) is 12.1 Å². The Bertz CT molecular complexity index is 692. The summed E-state index contributed by atoms with van der Waals surface area (Å²) in [6.45, 7) is -0.629. The molecule has 2 aliphatic rings. The molecule has 1 aromatic rings. The molecule has 2 fully saturated rings. The zero-order chi connectivity index (χ0) is 17.9. The van der Waals surface area contributed by atoms with Crippen LogP contribution in [0.5, 0.6) is 0 Å². The average Bonchev–Trinajstić information content (AvgIpc) is 3.02. The van der Waals surface area contributed by atoms with Crippen LogP contribution in [0.1, 0.15) is 35.1 Å². The van der Waals surface area contributed by atoms with Gasteiger partial charge in [0.2, 0.25) is 5.91 Å². The molecule has 1 saturated heterocycles. The first-order valence-corrected chi connectivity index (χ1v) is 6.56. The molecular formula is C14H16F3N3O. The fourth-order valence-corrected chi connectivity index (χ4v) is 2.60. The minimum Gasteiger partial charge on any atom is -0.309 e. The summed E-state index contributed by atoms with van der Waals surface area (Å²) < 4.78 is 60.9. The second kappa shape index (κ2) is 4.43. The fraction of sp³-hybridized carbons (Fsp3) is 0.571. The van der Waals surface area contributed by atoms with Crippen molar-refractivity contribution in [3.8, 4) is 0 Å². The maximum Gasteiger partial charge on any atom is 0.433 e. The first kappa shape index (κ1) is 11.0. The number of piperidine rings is 1. The number of fused-ring (bicyclic) bond motifs is 1. The number of aromatic nitrogens is 1. The summed E-state index contributed by atoms with van der Waals surface area (Å²) >= 11 is 0. The summed E-state index contributed by atoms with van der Waals surface area (Å²) in [5.74, 6) is -0.735. The number of hydrogen-bond acceptors (Lipinski definition) is 3. The molecule has 3 atom stereocenters. The van der Waals surface area contributed by atoms with Crippen molar-refractivity contribution in [1.82, 2.24) is 10.3 Å². The Hall–Kier alpha value is -1.63. The highest BCUT2D eigenvalue weighted by Gasteiger charge is 2.58. The maximum atomic E-state index is 12.7. The van der Waals surface area contributed by atoms with Crippen LogP contribution in [0, 0.1) is 12.3 Å². The van der Waals surface area contributed by atoms with E-state index in [1.165, 1.54) is 13.0 Å². The van der Waals surface area contributed by atoms with E-state index in [-0.39, 0.29) is 18.3 Å². The SMILES string of the molecule is [2H]C([2H])([2H])[C@@]12C[C@@H](C(=O)Nc3nc(C(F)(F)F)ccc3C)N[C@@H]1C2. The van der Waals surface area contributed by atoms with Crippen LogP contribution >= 0.6 is 0 Å². The van der Waals surface area contributed by atoms with Gasteiger partial charge in [0, 0.05) is 10.2 Å². The van der Waals surface area contributed by atoms with Gasteiger partial charge in [-0.1, -0.05) is 12.9 Å². The van der Waals surface area contributed by atoms with E-state index in [1.54, 1.807) is 0 Å². The summed E-state index contributed by atoms with van der Waals surface area (Å²) in [5.41, 5.74) is -1.60. The minimum atomic E-state index is -4.61. The van der Waals surface area contributed by atoms with Gasteiger partial charge in [-0.05, 0) is 36.8 Å². The predicted molar refractivity (Wildman–Crippen MR) is 70.7 cm³/mol. The Labute approximate surface area is 124 Å². The Morgan fingerprint density at radius 1 is 1.52 bits per heavy atom. The molecule has 1 amide bonds. The first-order valence-electron chi connectivity index (χ1n) is 8.06. The second-order valence-electron chi connectivity index (χ2n) is 5.69. The number of carbonyl (C=O) groups is 1. The lowest BCUT2D eigenvalue weighted by Gasteiger charge is -2.16. The van der Waals surface area contributed by atoms with Crippen LogP contribution in [-0.4, -0.2) is 23.0 Å². The van der Waals surface area contributed by atoms with Gasteiger partial charge in [0.25, 0.3) is 0 Å². The lowest BCUT2D eigenvalue weighted by molar-refractivity contribution is -0.141. The molecule has 21 heavy (non-hydrogen) atoms. The molecule has 2 heterocycles. The molecule has 3 rings (SSSR count). The van der Waals surface area contributed by atoms with E-state index < -0.39 is 36.1 Å². The van der Waals surface area contributed by atoms with E-state index in [2.05, 4.69) is 15.6 Å². The van der Waals surface area contributed by atoms with E-state index in [0.29, 0.717) is 12.0 Å². The zero-order valence-electron chi connectivity index (χ0n) is 14.2. The Balaban J connectivity index is 1.73. The van der Waals surface area contributed by atoms with Gasteiger partial charge in [-0.3, -0.25) is 4.79 Å². The van der Waals surface area contributed by atoms with E-state index in [0.717, 1.165) is 6.07 Å². The Morgan fingerprint density at radius 3 is 2.90 bits per heavy atom. The summed E-state index contributed by atoms with van der Waals surface area (Å²) in [5, 5.41) is 5.32. The highest BCUT2D eigenvalue weighted by Crippen LogP contribution is 2.53. The van der Waals surface area contributed by atoms with Crippen molar-refractivity contribution < 1.29 is 22.1 Å². The molecule has 4 nitrogen and oxygen atoms in total. The molecule has 0 unspecified atom stereocenters. The summed E-state index contributed by atoms with van der Waals surface area (Å²) in [7, 11) is 0. The standard InChI is InChI=1S/C14H16F3N3O/c1-7-3-4-9(14(15,16)17)19-11(7)20-12(21)8-5-13(2)6-10(13)18-8/h3-4,8,10,18H,5-6H2,1-2H3,(H,19,20,21)/t8-,10+,13-/m0/s1/i2D3. The topological polar surface area (TPSA) is 54.0 Å². The molecule has 0 radical (unpaired) electrons. The number of halogens is 3. The molecule has 0 bridgehead atoms. The predicted octanol–water partition coefficient (Wildman–Crippen LogP) is 2.49. The number of rotatable bonds is 2. The van der Waals surface area contributed by atoms with Crippen LogP contribution in [0.2, 0.25) is 0 Å². The largest absolute Gasteiger partial charge is 0.433 e. The van der Waals surface area contributed by atoms with Gasteiger partial charge >= 0.3 is 6.18 Å². The van der Waals surface area contributed by atoms with Crippen molar-refractivity contribution in [1.29, 1.82) is 0 Å². The number of nitrogens with zero attached hydrogens (tertiary/aromatic N) is 1. The minimum absolute atomic E-state index is 0.137. The number of anilines is 1. The highest BCUT2D eigenvalue weighted by molar-refractivity contribution is 5.95. The molecule has 1 saturated carbocycles. The number of aryl methyl sites for hydroxylation is 1. The van der Waals surface area contributed by atoms with Crippen LogP contribution in [0.4, 0.5) is 19.0 Å². The van der Waals surface area contributed by atoms with Gasteiger partial charge in [0.05, 0.1) is 6.04 Å². The van der Waals surface area contributed by atoms with E-state index in [9.17, 15) is 18.0 Å². The smallest absolute Gasteiger partial charge is 0.309 e. The van der Waals surface area contributed by atoms with Crippen LogP contribution in [0.3, 0.4) is 0 Å². The number of amides is 1. The third-order valence-electron chi connectivity index (χ3n) is 3.99. The van der Waals surface area contributed by atoms with Crippen LogP contribution in [-0.2, 0) is 11.0 Å². The van der Waals surface area contributed by atoms with Gasteiger partial charge in [-0.2, -0.15) is 13.2 Å². The molecule has 0 spiro atoms. The van der Waals surface area contributed by atoms with Crippen molar-refractivity contribution in [2.45, 2.75) is 44.9 Å². The molecular weight excluding hydrogens is 283 g/mol. The number of carbonyl (C=O) groups excluding carboxylic acids is 1. The number of nitrogens with one attached hydrogen (secondary N) is 2. The lowest BCUT2D eigenvalue weighted by Crippen LogP contribution is -2.38. The maximum absolute atomic E-state index is 12.7. The molecule has 2 N–H and O–H groups in total. The van der Waals surface area contributed by atoms with E-state index in [1.807, 2.05) is 0 Å². The van der Waals surface area contributed by atoms with Gasteiger partial charge in [0.15, 0.2) is 0 Å². The normalized spacial score (nSPS) is 33.6. The Kier molecular flexibility index (Phi) is 2.32. The van der Waals surface area contributed by atoms with E-state index >= 15 is 0 Å². The van der Waals surface area contributed by atoms with Crippen molar-refractivity contribution >= 4 is 11.7 Å². The van der Waals surface area contributed by atoms with Gasteiger partial charge in [-0.25, -0.2) is 4.98 Å². The number of pyridine rings is 1. The van der Waals surface area contributed by atoms with Crippen molar-refractivity contribution in [2.24, 2.45) is 5.41 Å². The molecule has 1 aliphatic carbocycles. The summed E-state index contributed by atoms with van der Waals surface area (Å²) in [6, 6.07) is 1.07. The van der Waals surface area contributed by atoms with Crippen LogP contribution in [0.25, 0.3) is 0 Å². The molecule has 114 valence electrons. The third kappa shape index (κ3) is 2.62. The monoisotopic (exact) mass is 302 g/mol. The Morgan fingerprint density at radius 2 is 2.29 bits per heavy atom. The highest BCUT2D eigenvalue weighted by atomic mass is 19.4. The van der Waals surface area contributed by atoms with Crippen molar-refractivity contribution in [2.75, 3.05) is 5.32 Å². The second-order valence-corrected chi connectivity index (χ2v) is 5.69. The molecule has 1 aromatic heterocycles. The summed E-state index contributed by atoms with van der Waals surface area (Å²) in [4.78, 5) is 15.7. The molecule has 1 aliphatic heterocycles. The van der Waals surface area contributed by atoms with E-state index in [4.69, 9.17) is 4.11 Å². The fourth-order valence-electron chi connectivity index (χ4n) is 2.60. The summed E-state index contributed by atoms with van der Waals surface area (Å²) in [6.07, 6.45) is -3.99.